The summed E-state index contributed by atoms with van der Waals surface area (Å²) < 4.78 is 0. The monoisotopic (exact) mass is 371 g/mol. The van der Waals surface area contributed by atoms with Crippen LogP contribution in [0.3, 0.4) is 0 Å². The molecule has 6 nitrogen and oxygen atoms in total. The van der Waals surface area contributed by atoms with Gasteiger partial charge in [-0.15, -0.1) is 0 Å². The van der Waals surface area contributed by atoms with E-state index in [1.807, 2.05) is 13.8 Å². The van der Waals surface area contributed by atoms with Crippen molar-refractivity contribution in [2.75, 3.05) is 26.2 Å². The van der Waals surface area contributed by atoms with E-state index in [2.05, 4.69) is 21.6 Å². The number of aromatic nitrogens is 2. The quantitative estimate of drug-likeness (QED) is 0.835. The lowest BCUT2D eigenvalue weighted by atomic mass is 9.74. The van der Waals surface area contributed by atoms with Crippen LogP contribution in [-0.2, 0) is 0 Å². The van der Waals surface area contributed by atoms with E-state index < -0.39 is 0 Å². The summed E-state index contributed by atoms with van der Waals surface area (Å²) in [6, 6.07) is 2.72. The number of piperidine rings is 3. The standard InChI is InChI=1S/C21H33N5O/c1-3-22-21(27)23-12-17-10-16-8-9-26(17)13-18(16)20-11-19(24-14(2)25-20)15-6-4-5-7-15/h11,15-18H,3-10,12-13H2,1-2H3,(H2,22,23,27)/t16-,17+,18-/m0/s1. The third kappa shape index (κ3) is 4.10. The molecule has 4 atom stereocenters. The van der Waals surface area contributed by atoms with Crippen LogP contribution in [0.1, 0.15) is 74.5 Å². The van der Waals surface area contributed by atoms with Crippen LogP contribution >= 0.6 is 0 Å². The molecule has 3 aliphatic heterocycles. The van der Waals surface area contributed by atoms with Crippen molar-refractivity contribution >= 4 is 6.03 Å². The fourth-order valence-corrected chi connectivity index (χ4v) is 5.35. The number of hydrogen-bond donors (Lipinski definition) is 2. The van der Waals surface area contributed by atoms with Crippen LogP contribution in [0.2, 0.25) is 0 Å². The Morgan fingerprint density at radius 2 is 1.96 bits per heavy atom. The Morgan fingerprint density at radius 3 is 2.67 bits per heavy atom. The lowest BCUT2D eigenvalue weighted by Crippen LogP contribution is -2.56. The van der Waals surface area contributed by atoms with E-state index in [1.165, 1.54) is 43.5 Å². The van der Waals surface area contributed by atoms with Gasteiger partial charge in [-0.3, -0.25) is 4.90 Å². The van der Waals surface area contributed by atoms with Gasteiger partial charge in [0.15, 0.2) is 0 Å². The molecule has 3 saturated heterocycles. The summed E-state index contributed by atoms with van der Waals surface area (Å²) in [6.45, 7) is 7.60. The van der Waals surface area contributed by atoms with Gasteiger partial charge in [0.2, 0.25) is 0 Å². The number of fused-ring (bicyclic) bond motifs is 3. The van der Waals surface area contributed by atoms with Gasteiger partial charge in [-0.25, -0.2) is 14.8 Å². The second kappa shape index (κ2) is 8.13. The van der Waals surface area contributed by atoms with E-state index in [0.717, 1.165) is 31.9 Å². The summed E-state index contributed by atoms with van der Waals surface area (Å²) >= 11 is 0. The molecule has 1 aromatic rings. The van der Waals surface area contributed by atoms with E-state index >= 15 is 0 Å². The number of nitrogens with zero attached hydrogens (tertiary/aromatic N) is 3. The van der Waals surface area contributed by atoms with Gasteiger partial charge >= 0.3 is 6.03 Å². The van der Waals surface area contributed by atoms with E-state index in [1.54, 1.807) is 0 Å². The molecule has 5 rings (SSSR count). The summed E-state index contributed by atoms with van der Waals surface area (Å²) in [5.41, 5.74) is 2.54. The number of urea groups is 1. The predicted octanol–water partition coefficient (Wildman–Crippen LogP) is 2.94. The maximum Gasteiger partial charge on any atom is 0.314 e. The molecular formula is C21H33N5O. The van der Waals surface area contributed by atoms with Gasteiger partial charge in [-0.2, -0.15) is 0 Å². The van der Waals surface area contributed by atoms with E-state index in [4.69, 9.17) is 9.97 Å². The molecule has 0 aromatic carbocycles. The lowest BCUT2D eigenvalue weighted by Gasteiger charge is -2.49. The summed E-state index contributed by atoms with van der Waals surface area (Å²) in [5, 5.41) is 5.85. The molecule has 0 radical (unpaired) electrons. The minimum absolute atomic E-state index is 0.0515. The Hall–Kier alpha value is -1.69. The average molecular weight is 372 g/mol. The van der Waals surface area contributed by atoms with Crippen LogP contribution in [0.15, 0.2) is 6.07 Å². The van der Waals surface area contributed by atoms with E-state index in [-0.39, 0.29) is 6.03 Å². The van der Waals surface area contributed by atoms with Crippen molar-refractivity contribution in [3.63, 3.8) is 0 Å². The van der Waals surface area contributed by atoms with E-state index in [9.17, 15) is 4.79 Å². The third-order valence-electron chi connectivity index (χ3n) is 6.75. The predicted molar refractivity (Wildman–Crippen MR) is 106 cm³/mol. The smallest absolute Gasteiger partial charge is 0.314 e. The van der Waals surface area contributed by atoms with Crippen molar-refractivity contribution < 1.29 is 4.79 Å². The van der Waals surface area contributed by atoms with Crippen molar-refractivity contribution in [3.05, 3.63) is 23.3 Å². The first-order valence-electron chi connectivity index (χ1n) is 10.7. The molecule has 0 spiro atoms. The van der Waals surface area contributed by atoms with Gasteiger partial charge < -0.3 is 10.6 Å². The zero-order valence-electron chi connectivity index (χ0n) is 16.7. The van der Waals surface area contributed by atoms with Crippen molar-refractivity contribution in [2.24, 2.45) is 5.92 Å². The highest BCUT2D eigenvalue weighted by Gasteiger charge is 2.41. The number of hydrogen-bond acceptors (Lipinski definition) is 4. The molecule has 2 amide bonds. The summed E-state index contributed by atoms with van der Waals surface area (Å²) in [6.07, 6.45) is 7.63. The summed E-state index contributed by atoms with van der Waals surface area (Å²) in [5.74, 6) is 2.75. The number of nitrogens with one attached hydrogen (secondary N) is 2. The summed E-state index contributed by atoms with van der Waals surface area (Å²) in [7, 11) is 0. The second-order valence-electron chi connectivity index (χ2n) is 8.53. The fourth-order valence-electron chi connectivity index (χ4n) is 5.35. The minimum atomic E-state index is -0.0515. The molecule has 1 saturated carbocycles. The van der Waals surface area contributed by atoms with Crippen molar-refractivity contribution in [3.8, 4) is 0 Å². The van der Waals surface area contributed by atoms with Crippen LogP contribution < -0.4 is 10.6 Å². The lowest BCUT2D eigenvalue weighted by molar-refractivity contribution is 0.0304. The Labute approximate surface area is 162 Å². The van der Waals surface area contributed by atoms with Crippen LogP contribution in [-0.4, -0.2) is 53.1 Å². The highest BCUT2D eigenvalue weighted by atomic mass is 16.2. The van der Waals surface area contributed by atoms with Crippen LogP contribution in [0.25, 0.3) is 0 Å². The van der Waals surface area contributed by atoms with Crippen molar-refractivity contribution in [1.82, 2.24) is 25.5 Å². The largest absolute Gasteiger partial charge is 0.338 e. The molecule has 1 aliphatic carbocycles. The average Bonchev–Trinajstić information content (AvgIpc) is 3.21. The number of rotatable bonds is 5. The number of carbonyl (C=O) groups is 1. The maximum absolute atomic E-state index is 11.7. The molecule has 27 heavy (non-hydrogen) atoms. The van der Waals surface area contributed by atoms with Crippen LogP contribution in [0, 0.1) is 12.8 Å². The maximum atomic E-state index is 11.7. The highest BCUT2D eigenvalue weighted by Crippen LogP contribution is 2.42. The van der Waals surface area contributed by atoms with E-state index in [0.29, 0.717) is 30.3 Å². The Kier molecular flexibility index (Phi) is 5.62. The normalized spacial score (nSPS) is 30.4. The Morgan fingerprint density at radius 1 is 1.19 bits per heavy atom. The SMILES string of the molecule is CCNC(=O)NC[C@H]1C[C@@H]2CCN1C[C@@H]2c1cc(C2CCCC2)nc(C)n1. The Balaban J connectivity index is 1.44. The first-order valence-corrected chi connectivity index (χ1v) is 10.7. The number of carbonyl (C=O) groups excluding carboxylic acids is 1. The van der Waals surface area contributed by atoms with Gasteiger partial charge in [0.05, 0.1) is 0 Å². The molecule has 2 bridgehead atoms. The Bertz CT molecular complexity index is 673. The van der Waals surface area contributed by atoms with Crippen molar-refractivity contribution in [1.29, 1.82) is 0 Å². The number of amides is 2. The molecule has 1 aromatic heterocycles. The molecule has 6 heteroatoms. The highest BCUT2D eigenvalue weighted by molar-refractivity contribution is 5.73. The third-order valence-corrected chi connectivity index (χ3v) is 6.75. The zero-order valence-corrected chi connectivity index (χ0v) is 16.7. The fraction of sp³-hybridized carbons (Fsp3) is 0.762. The molecular weight excluding hydrogens is 338 g/mol. The first-order chi connectivity index (χ1) is 13.1. The van der Waals surface area contributed by atoms with Crippen molar-refractivity contribution in [2.45, 2.75) is 70.3 Å². The van der Waals surface area contributed by atoms with Gasteiger partial charge in [-0.1, -0.05) is 12.8 Å². The molecule has 4 aliphatic rings. The first kappa shape index (κ1) is 18.7. The van der Waals surface area contributed by atoms with Gasteiger partial charge in [-0.05, 0) is 58.1 Å². The topological polar surface area (TPSA) is 70.2 Å². The molecule has 4 heterocycles. The van der Waals surface area contributed by atoms with Gasteiger partial charge in [0.25, 0.3) is 0 Å². The molecule has 2 N–H and O–H groups in total. The summed E-state index contributed by atoms with van der Waals surface area (Å²) in [4.78, 5) is 23.9. The molecule has 148 valence electrons. The van der Waals surface area contributed by atoms with Crippen LogP contribution in [0.4, 0.5) is 4.79 Å². The van der Waals surface area contributed by atoms with Crippen LogP contribution in [0.5, 0.6) is 0 Å². The molecule has 4 fully saturated rings. The van der Waals surface area contributed by atoms with Gasteiger partial charge in [0, 0.05) is 48.9 Å². The zero-order chi connectivity index (χ0) is 18.8. The molecule has 1 unspecified atom stereocenters. The number of aryl methyl sites for hydroxylation is 1. The minimum Gasteiger partial charge on any atom is -0.338 e. The van der Waals surface area contributed by atoms with Gasteiger partial charge in [0.1, 0.15) is 5.82 Å². The second-order valence-corrected chi connectivity index (χ2v) is 8.53.